The molecule has 2 aliphatic heterocycles. The number of hydrogen-bond donors (Lipinski definition) is 0. The minimum Gasteiger partial charge on any atom is -0.394 e. The van der Waals surface area contributed by atoms with Crippen LogP contribution in [0, 0.1) is 0 Å². The fourth-order valence-corrected chi connectivity index (χ4v) is 6.11. The van der Waals surface area contributed by atoms with E-state index in [0.29, 0.717) is 12.2 Å². The van der Waals surface area contributed by atoms with Crippen molar-refractivity contribution in [3.05, 3.63) is 0 Å². The molecule has 2 heterocycles. The highest BCUT2D eigenvalue weighted by Crippen LogP contribution is 2.24. The largest absolute Gasteiger partial charge is 0.394 e. The second-order valence-corrected chi connectivity index (χ2v) is 10.3. The van der Waals surface area contributed by atoms with Crippen LogP contribution in [0.5, 0.6) is 0 Å². The molecule has 0 radical (unpaired) electrons. The minimum atomic E-state index is -2.18. The van der Waals surface area contributed by atoms with Crippen LogP contribution in [0.15, 0.2) is 0 Å². The summed E-state index contributed by atoms with van der Waals surface area (Å²) in [7, 11) is -2.18. The van der Waals surface area contributed by atoms with Crippen LogP contribution in [0.2, 0.25) is 12.1 Å². The summed E-state index contributed by atoms with van der Waals surface area (Å²) in [6.07, 6.45) is 4.70. The van der Waals surface area contributed by atoms with Crippen LogP contribution in [0.4, 0.5) is 0 Å². The van der Waals surface area contributed by atoms with Crippen molar-refractivity contribution in [2.45, 2.75) is 63.8 Å². The summed E-state index contributed by atoms with van der Waals surface area (Å²) in [5.74, 6) is 0. The maximum absolute atomic E-state index is 6.32. The lowest BCUT2D eigenvalue weighted by Gasteiger charge is -2.31. The Bertz CT molecular complexity index is 304. The van der Waals surface area contributed by atoms with E-state index in [1.165, 1.54) is 0 Å². The van der Waals surface area contributed by atoms with Gasteiger partial charge in [0.25, 0.3) is 0 Å². The molecule has 2 fully saturated rings. The van der Waals surface area contributed by atoms with Crippen LogP contribution in [0.25, 0.3) is 0 Å². The predicted octanol–water partition coefficient (Wildman–Crippen LogP) is 2.89. The Balaban J connectivity index is 1.69. The zero-order valence-corrected chi connectivity index (χ0v) is 17.0. The lowest BCUT2D eigenvalue weighted by molar-refractivity contribution is 0.106. The molecule has 0 aromatic heterocycles. The Morgan fingerprint density at radius 3 is 1.56 bits per heavy atom. The van der Waals surface area contributed by atoms with E-state index < -0.39 is 8.56 Å². The van der Waals surface area contributed by atoms with Gasteiger partial charge in [0.1, 0.15) is 12.2 Å². The average molecular weight is 377 g/mol. The first kappa shape index (κ1) is 21.3. The Hall–Kier alpha value is -0.0231. The van der Waals surface area contributed by atoms with Gasteiger partial charge in [0.2, 0.25) is 0 Å². The van der Waals surface area contributed by atoms with Gasteiger partial charge in [-0.3, -0.25) is 0 Å². The van der Waals surface area contributed by atoms with Crippen molar-refractivity contribution in [1.29, 1.82) is 0 Å². The normalized spacial score (nSPS) is 22.3. The Morgan fingerprint density at radius 1 is 0.760 bits per heavy atom. The van der Waals surface area contributed by atoms with Gasteiger partial charge >= 0.3 is 8.56 Å². The first-order chi connectivity index (χ1) is 12.3. The highest BCUT2D eigenvalue weighted by molar-refractivity contribution is 6.67. The molecule has 0 amide bonds. The van der Waals surface area contributed by atoms with Gasteiger partial charge in [0.15, 0.2) is 0 Å². The van der Waals surface area contributed by atoms with Gasteiger partial charge in [-0.25, -0.2) is 0 Å². The highest BCUT2D eigenvalue weighted by Gasteiger charge is 2.36. The molecular weight excluding hydrogens is 340 g/mol. The summed E-state index contributed by atoms with van der Waals surface area (Å²) in [6.45, 7) is 10.5. The lowest BCUT2D eigenvalue weighted by Crippen LogP contribution is -2.43. The molecule has 0 aliphatic carbocycles. The van der Waals surface area contributed by atoms with Crippen LogP contribution < -0.4 is 0 Å². The van der Waals surface area contributed by atoms with Crippen molar-refractivity contribution in [3.63, 3.8) is 0 Å². The molecule has 2 unspecified atom stereocenters. The highest BCUT2D eigenvalue weighted by atomic mass is 28.4. The quantitative estimate of drug-likeness (QED) is 0.208. The number of epoxide rings is 2. The van der Waals surface area contributed by atoms with Gasteiger partial charge in [0.05, 0.1) is 26.4 Å². The van der Waals surface area contributed by atoms with Crippen LogP contribution >= 0.6 is 0 Å². The summed E-state index contributed by atoms with van der Waals surface area (Å²) in [5, 5.41) is 0. The van der Waals surface area contributed by atoms with E-state index in [1.54, 1.807) is 0 Å². The first-order valence-electron chi connectivity index (χ1n) is 9.94. The smallest absolute Gasteiger partial charge is 0.338 e. The number of ether oxygens (including phenoxy) is 4. The van der Waals surface area contributed by atoms with Crippen molar-refractivity contribution in [2.75, 3.05) is 52.9 Å². The van der Waals surface area contributed by atoms with E-state index >= 15 is 0 Å². The standard InChI is InChI=1S/C18H36O6Si/c1-3-7-23-25(24-8-4-2,11-5-9-19-13-17-15-21-17)12-6-10-20-14-18-16-22-18/h17-18H,3-16H2,1-2H3. The van der Waals surface area contributed by atoms with Gasteiger partial charge in [0, 0.05) is 26.4 Å². The predicted molar refractivity (Wildman–Crippen MR) is 98.2 cm³/mol. The Morgan fingerprint density at radius 2 is 1.20 bits per heavy atom. The van der Waals surface area contributed by atoms with Crippen LogP contribution in [0.1, 0.15) is 39.5 Å². The molecule has 0 aromatic rings. The van der Waals surface area contributed by atoms with E-state index in [2.05, 4.69) is 13.8 Å². The fraction of sp³-hybridized carbons (Fsp3) is 1.00. The van der Waals surface area contributed by atoms with Crippen molar-refractivity contribution in [3.8, 4) is 0 Å². The van der Waals surface area contributed by atoms with Gasteiger partial charge in [-0.15, -0.1) is 0 Å². The molecule has 6 nitrogen and oxygen atoms in total. The molecule has 2 atom stereocenters. The van der Waals surface area contributed by atoms with Crippen molar-refractivity contribution in [1.82, 2.24) is 0 Å². The van der Waals surface area contributed by atoms with E-state index in [1.807, 2.05) is 0 Å². The van der Waals surface area contributed by atoms with Gasteiger partial charge in [-0.1, -0.05) is 13.8 Å². The zero-order chi connectivity index (χ0) is 17.8. The molecule has 0 N–H and O–H groups in total. The van der Waals surface area contributed by atoms with E-state index in [-0.39, 0.29) is 0 Å². The van der Waals surface area contributed by atoms with Crippen molar-refractivity contribution < 1.29 is 27.8 Å². The molecule has 0 bridgehead atoms. The molecule has 0 saturated carbocycles. The molecule has 25 heavy (non-hydrogen) atoms. The fourth-order valence-electron chi connectivity index (χ4n) is 2.68. The Kier molecular flexibility index (Phi) is 10.5. The molecule has 2 rings (SSSR count). The third-order valence-electron chi connectivity index (χ3n) is 4.24. The summed E-state index contributed by atoms with van der Waals surface area (Å²) in [5.41, 5.74) is 0. The lowest BCUT2D eigenvalue weighted by atomic mass is 10.5. The molecule has 2 saturated heterocycles. The summed E-state index contributed by atoms with van der Waals surface area (Å²) >= 11 is 0. The summed E-state index contributed by atoms with van der Waals surface area (Å²) in [6, 6.07) is 1.98. The maximum Gasteiger partial charge on any atom is 0.338 e. The van der Waals surface area contributed by atoms with Gasteiger partial charge in [-0.2, -0.15) is 0 Å². The second kappa shape index (κ2) is 12.4. The Labute approximate surface area is 153 Å². The summed E-state index contributed by atoms with van der Waals surface area (Å²) < 4.78 is 34.3. The van der Waals surface area contributed by atoms with Crippen LogP contribution in [-0.4, -0.2) is 73.6 Å². The molecule has 148 valence electrons. The maximum atomic E-state index is 6.32. The third kappa shape index (κ3) is 10.0. The van der Waals surface area contributed by atoms with Crippen molar-refractivity contribution >= 4 is 8.56 Å². The summed E-state index contributed by atoms with van der Waals surface area (Å²) in [4.78, 5) is 0. The zero-order valence-electron chi connectivity index (χ0n) is 16.0. The molecule has 0 aromatic carbocycles. The molecule has 0 spiro atoms. The molecule has 7 heteroatoms. The number of rotatable bonds is 18. The van der Waals surface area contributed by atoms with Gasteiger partial charge < -0.3 is 27.8 Å². The average Bonchev–Trinajstić information content (AvgIpc) is 3.52. The topological polar surface area (TPSA) is 62.0 Å². The molecular formula is C18H36O6Si. The van der Waals surface area contributed by atoms with Crippen molar-refractivity contribution in [2.24, 2.45) is 0 Å². The third-order valence-corrected chi connectivity index (χ3v) is 7.93. The SMILES string of the molecule is CCCO[Si](CCCOCC1CO1)(CCCOCC1CO1)OCCC. The second-order valence-electron chi connectivity index (χ2n) is 6.88. The first-order valence-corrected chi connectivity index (χ1v) is 12.2. The van der Waals surface area contributed by atoms with E-state index in [0.717, 1.165) is 90.6 Å². The minimum absolute atomic E-state index is 0.335. The van der Waals surface area contributed by atoms with Crippen LogP contribution in [-0.2, 0) is 27.8 Å². The number of hydrogen-bond acceptors (Lipinski definition) is 6. The monoisotopic (exact) mass is 376 g/mol. The molecule has 2 aliphatic rings. The van der Waals surface area contributed by atoms with Gasteiger partial charge in [-0.05, 0) is 37.8 Å². The van der Waals surface area contributed by atoms with E-state index in [9.17, 15) is 0 Å². The van der Waals surface area contributed by atoms with E-state index in [4.69, 9.17) is 27.8 Å². The van der Waals surface area contributed by atoms with Crippen LogP contribution in [0.3, 0.4) is 0 Å².